The molecule has 0 N–H and O–H groups in total. The number of halogens is 1. The highest BCUT2D eigenvalue weighted by Crippen LogP contribution is 2.31. The van der Waals surface area contributed by atoms with E-state index in [0.717, 1.165) is 22.5 Å². The van der Waals surface area contributed by atoms with Crippen molar-refractivity contribution >= 4 is 17.4 Å². The lowest BCUT2D eigenvalue weighted by Crippen LogP contribution is -2.25. The zero-order valence-electron chi connectivity index (χ0n) is 19.7. The number of benzene rings is 2. The van der Waals surface area contributed by atoms with Gasteiger partial charge in [-0.3, -0.25) is 14.6 Å². The van der Waals surface area contributed by atoms with Gasteiger partial charge >= 0.3 is 0 Å². The number of amides is 1. The van der Waals surface area contributed by atoms with Gasteiger partial charge in [0.1, 0.15) is 11.6 Å². The first-order chi connectivity index (χ1) is 15.7. The summed E-state index contributed by atoms with van der Waals surface area (Å²) in [5.74, 6) is -0.237. The Labute approximate surface area is 194 Å². The van der Waals surface area contributed by atoms with E-state index in [2.05, 4.69) is 4.98 Å². The van der Waals surface area contributed by atoms with Crippen molar-refractivity contribution in [3.05, 3.63) is 76.9 Å². The Morgan fingerprint density at radius 1 is 1.03 bits per heavy atom. The highest BCUT2D eigenvalue weighted by molar-refractivity contribution is 5.99. The van der Waals surface area contributed by atoms with Gasteiger partial charge in [-0.15, -0.1) is 0 Å². The third-order valence-electron chi connectivity index (χ3n) is 5.78. The van der Waals surface area contributed by atoms with Crippen molar-refractivity contribution in [1.29, 1.82) is 0 Å². The first-order valence-corrected chi connectivity index (χ1v) is 11.0. The molecule has 0 aliphatic heterocycles. The summed E-state index contributed by atoms with van der Waals surface area (Å²) in [7, 11) is 3.07. The number of carbonyl (C=O) groups is 2. The zero-order chi connectivity index (χ0) is 24.1. The van der Waals surface area contributed by atoms with E-state index in [1.807, 2.05) is 26.0 Å². The molecule has 3 rings (SSSR count). The van der Waals surface area contributed by atoms with Gasteiger partial charge in [0, 0.05) is 31.3 Å². The molecule has 0 bridgehead atoms. The van der Waals surface area contributed by atoms with E-state index < -0.39 is 5.82 Å². The molecular formula is C27H29FN2O3. The van der Waals surface area contributed by atoms with Crippen LogP contribution in [0.15, 0.2) is 48.5 Å². The van der Waals surface area contributed by atoms with Crippen LogP contribution in [0.1, 0.15) is 47.1 Å². The number of ketones is 1. The van der Waals surface area contributed by atoms with Crippen molar-refractivity contribution in [2.75, 3.05) is 19.1 Å². The largest absolute Gasteiger partial charge is 0.496 e. The van der Waals surface area contributed by atoms with Gasteiger partial charge in [-0.25, -0.2) is 4.39 Å². The molecule has 0 spiro atoms. The SMILES string of the molecule is CCC(=O)N(C)c1ccc(-c2ccc(C(=O)CCc3ccc(C)nc3C)c(OC)c2)cc1F. The molecule has 0 saturated heterocycles. The normalized spacial score (nSPS) is 10.7. The van der Waals surface area contributed by atoms with E-state index in [9.17, 15) is 14.0 Å². The van der Waals surface area contributed by atoms with Crippen LogP contribution in [0.25, 0.3) is 11.1 Å². The van der Waals surface area contributed by atoms with Crippen molar-refractivity contribution in [1.82, 2.24) is 4.98 Å². The van der Waals surface area contributed by atoms with Gasteiger partial charge in [0.05, 0.1) is 18.4 Å². The summed E-state index contributed by atoms with van der Waals surface area (Å²) < 4.78 is 20.2. The molecule has 0 fully saturated rings. The third kappa shape index (κ3) is 5.45. The summed E-state index contributed by atoms with van der Waals surface area (Å²) in [6, 6.07) is 13.9. The minimum atomic E-state index is -0.488. The van der Waals surface area contributed by atoms with Crippen LogP contribution in [0.5, 0.6) is 5.75 Å². The molecule has 0 unspecified atom stereocenters. The van der Waals surface area contributed by atoms with E-state index in [1.165, 1.54) is 18.1 Å². The van der Waals surface area contributed by atoms with Crippen molar-refractivity contribution in [3.8, 4) is 16.9 Å². The molecule has 6 heteroatoms. The molecule has 33 heavy (non-hydrogen) atoms. The molecule has 172 valence electrons. The molecule has 0 saturated carbocycles. The molecule has 3 aromatic rings. The van der Waals surface area contributed by atoms with E-state index >= 15 is 0 Å². The molecule has 0 atom stereocenters. The minimum absolute atomic E-state index is 0.0281. The lowest BCUT2D eigenvalue weighted by molar-refractivity contribution is -0.118. The monoisotopic (exact) mass is 448 g/mol. The first kappa shape index (κ1) is 24.1. The molecule has 1 aromatic heterocycles. The van der Waals surface area contributed by atoms with Crippen LogP contribution in [0, 0.1) is 19.7 Å². The highest BCUT2D eigenvalue weighted by atomic mass is 19.1. The van der Waals surface area contributed by atoms with E-state index in [0.29, 0.717) is 36.1 Å². The lowest BCUT2D eigenvalue weighted by Gasteiger charge is -2.18. The highest BCUT2D eigenvalue weighted by Gasteiger charge is 2.17. The summed E-state index contributed by atoms with van der Waals surface area (Å²) in [5.41, 5.74) is 5.00. The number of anilines is 1. The zero-order valence-corrected chi connectivity index (χ0v) is 19.7. The number of Topliss-reactive ketones (excluding diaryl/α,β-unsaturated/α-hetero) is 1. The van der Waals surface area contributed by atoms with Crippen molar-refractivity contribution in [3.63, 3.8) is 0 Å². The number of rotatable bonds is 8. The second-order valence-electron chi connectivity index (χ2n) is 8.01. The summed E-state index contributed by atoms with van der Waals surface area (Å²) in [6.07, 6.45) is 1.23. The molecule has 1 amide bonds. The first-order valence-electron chi connectivity index (χ1n) is 11.0. The van der Waals surface area contributed by atoms with Gasteiger partial charge in [-0.05, 0) is 67.3 Å². The Kier molecular flexibility index (Phi) is 7.59. The van der Waals surface area contributed by atoms with Crippen LogP contribution in [0.4, 0.5) is 10.1 Å². The number of hydrogen-bond donors (Lipinski definition) is 0. The number of nitrogens with zero attached hydrogens (tertiary/aromatic N) is 2. The summed E-state index contributed by atoms with van der Waals surface area (Å²) >= 11 is 0. The Hall–Kier alpha value is -3.54. The minimum Gasteiger partial charge on any atom is -0.496 e. The van der Waals surface area contributed by atoms with Gasteiger partial charge in [-0.2, -0.15) is 0 Å². The Bertz CT molecular complexity index is 1190. The fourth-order valence-corrected chi connectivity index (χ4v) is 3.79. The van der Waals surface area contributed by atoms with E-state index in [-0.39, 0.29) is 17.4 Å². The standard InChI is InChI=1S/C27H29FN2O3/c1-6-27(32)30(4)24-13-10-20(15-23(24)28)21-9-12-22(26(16-21)33-5)25(31)14-11-19-8-7-17(2)29-18(19)3/h7-10,12-13,15-16H,6,11,14H2,1-5H3. The van der Waals surface area contributed by atoms with Gasteiger partial charge in [0.25, 0.3) is 0 Å². The molecule has 0 aliphatic rings. The number of ether oxygens (including phenoxy) is 1. The Morgan fingerprint density at radius 3 is 2.36 bits per heavy atom. The maximum absolute atomic E-state index is 14.7. The van der Waals surface area contributed by atoms with Gasteiger partial charge < -0.3 is 9.64 Å². The van der Waals surface area contributed by atoms with Crippen molar-refractivity contribution in [2.45, 2.75) is 40.0 Å². The Balaban J connectivity index is 1.81. The van der Waals surface area contributed by atoms with Crippen LogP contribution in [0.2, 0.25) is 0 Å². The smallest absolute Gasteiger partial charge is 0.226 e. The molecule has 0 aliphatic carbocycles. The van der Waals surface area contributed by atoms with Crippen LogP contribution >= 0.6 is 0 Å². The van der Waals surface area contributed by atoms with Gasteiger partial charge in [0.2, 0.25) is 5.91 Å². The second-order valence-corrected chi connectivity index (χ2v) is 8.01. The average molecular weight is 449 g/mol. The van der Waals surface area contributed by atoms with Gasteiger partial charge in [-0.1, -0.05) is 25.1 Å². The summed E-state index contributed by atoms with van der Waals surface area (Å²) in [6.45, 7) is 5.62. The molecule has 5 nitrogen and oxygen atoms in total. The van der Waals surface area contributed by atoms with E-state index in [4.69, 9.17) is 4.74 Å². The van der Waals surface area contributed by atoms with Crippen LogP contribution in [0.3, 0.4) is 0 Å². The Morgan fingerprint density at radius 2 is 1.73 bits per heavy atom. The van der Waals surface area contributed by atoms with Crippen LogP contribution < -0.4 is 9.64 Å². The topological polar surface area (TPSA) is 59.5 Å². The van der Waals surface area contributed by atoms with Crippen LogP contribution in [-0.2, 0) is 11.2 Å². The van der Waals surface area contributed by atoms with Gasteiger partial charge in [0.15, 0.2) is 5.78 Å². The summed E-state index contributed by atoms with van der Waals surface area (Å²) in [5, 5.41) is 0. The predicted octanol–water partition coefficient (Wildman–Crippen LogP) is 5.70. The second kappa shape index (κ2) is 10.4. The average Bonchev–Trinajstić information content (AvgIpc) is 2.81. The maximum Gasteiger partial charge on any atom is 0.226 e. The maximum atomic E-state index is 14.7. The number of aromatic nitrogens is 1. The fraction of sp³-hybridized carbons (Fsp3) is 0.296. The third-order valence-corrected chi connectivity index (χ3v) is 5.78. The van der Waals surface area contributed by atoms with Crippen molar-refractivity contribution in [2.24, 2.45) is 0 Å². The molecule has 1 heterocycles. The molecular weight excluding hydrogens is 419 g/mol. The lowest BCUT2D eigenvalue weighted by atomic mass is 9.97. The van der Waals surface area contributed by atoms with Crippen LogP contribution in [-0.4, -0.2) is 30.8 Å². The summed E-state index contributed by atoms with van der Waals surface area (Å²) in [4.78, 5) is 30.5. The fourth-order valence-electron chi connectivity index (χ4n) is 3.79. The molecule has 2 aromatic carbocycles. The van der Waals surface area contributed by atoms with Crippen molar-refractivity contribution < 1.29 is 18.7 Å². The quantitative estimate of drug-likeness (QED) is 0.415. The number of methoxy groups -OCH3 is 1. The number of aryl methyl sites for hydroxylation is 3. The van der Waals surface area contributed by atoms with E-state index in [1.54, 1.807) is 44.3 Å². The number of pyridine rings is 1. The molecule has 0 radical (unpaired) electrons. The predicted molar refractivity (Wildman–Crippen MR) is 128 cm³/mol. The number of carbonyl (C=O) groups excluding carboxylic acids is 2. The number of hydrogen-bond acceptors (Lipinski definition) is 4.